The maximum atomic E-state index is 15.1. The van der Waals surface area contributed by atoms with Gasteiger partial charge in [0.15, 0.2) is 11.5 Å². The summed E-state index contributed by atoms with van der Waals surface area (Å²) in [5, 5.41) is 0. The highest BCUT2D eigenvalue weighted by Crippen LogP contribution is 2.49. The molecule has 0 unspecified atom stereocenters. The fourth-order valence-corrected chi connectivity index (χ4v) is 4.18. The molecule has 0 bridgehead atoms. The van der Waals surface area contributed by atoms with Crippen molar-refractivity contribution in [3.63, 3.8) is 0 Å². The fourth-order valence-electron chi connectivity index (χ4n) is 4.18. The Morgan fingerprint density at radius 1 is 0.882 bits per heavy atom. The van der Waals surface area contributed by atoms with Crippen molar-refractivity contribution >= 4 is 5.91 Å². The van der Waals surface area contributed by atoms with Crippen LogP contribution in [0.3, 0.4) is 0 Å². The molecule has 1 amide bonds. The van der Waals surface area contributed by atoms with Gasteiger partial charge in [-0.2, -0.15) is 0 Å². The Balaban J connectivity index is 1.59. The molecule has 2 aliphatic heterocycles. The predicted molar refractivity (Wildman–Crippen MR) is 121 cm³/mol. The number of benzene rings is 3. The smallest absolute Gasteiger partial charge is 0.305 e. The standard InChI is InChI=1S/C26H24FNO6/c1-30-19-7-3-5-17(13-19)26(18-6-4-8-20(14-18)31-2)33-23-15-21(22(27)16-24(23)34-26)25(29)28-9-11-32-12-10-28/h3-8,13-16H,9-12H2,1-2H3. The van der Waals surface area contributed by atoms with Crippen molar-refractivity contribution in [3.8, 4) is 23.0 Å². The number of nitrogens with zero attached hydrogens (tertiary/aromatic N) is 1. The van der Waals surface area contributed by atoms with E-state index in [0.717, 1.165) is 0 Å². The Morgan fingerprint density at radius 2 is 1.44 bits per heavy atom. The van der Waals surface area contributed by atoms with Crippen LogP contribution in [-0.2, 0) is 10.5 Å². The third kappa shape index (κ3) is 3.80. The lowest BCUT2D eigenvalue weighted by Crippen LogP contribution is -2.41. The Morgan fingerprint density at radius 3 is 2.00 bits per heavy atom. The summed E-state index contributed by atoms with van der Waals surface area (Å²) in [6.45, 7) is 1.66. The Bertz CT molecular complexity index is 1180. The van der Waals surface area contributed by atoms with Crippen molar-refractivity contribution in [1.29, 1.82) is 0 Å². The van der Waals surface area contributed by atoms with E-state index in [2.05, 4.69) is 0 Å². The van der Waals surface area contributed by atoms with Gasteiger partial charge in [0, 0.05) is 30.3 Å². The summed E-state index contributed by atoms with van der Waals surface area (Å²) in [5.74, 6) is -0.836. The van der Waals surface area contributed by atoms with E-state index in [4.69, 9.17) is 23.7 Å². The molecule has 0 atom stereocenters. The first kappa shape index (κ1) is 22.0. The highest BCUT2D eigenvalue weighted by molar-refractivity contribution is 5.95. The molecule has 7 nitrogen and oxygen atoms in total. The minimum absolute atomic E-state index is 0.0728. The van der Waals surface area contributed by atoms with E-state index < -0.39 is 17.5 Å². The lowest BCUT2D eigenvalue weighted by molar-refractivity contribution is -0.0462. The van der Waals surface area contributed by atoms with Gasteiger partial charge in [-0.1, -0.05) is 24.3 Å². The molecule has 0 N–H and O–H groups in total. The van der Waals surface area contributed by atoms with Crippen LogP contribution in [0.25, 0.3) is 0 Å². The van der Waals surface area contributed by atoms with E-state index in [1.807, 2.05) is 36.4 Å². The van der Waals surface area contributed by atoms with Crippen LogP contribution < -0.4 is 18.9 Å². The number of carbonyl (C=O) groups excluding carboxylic acids is 1. The molecule has 3 aromatic rings. The first-order valence-corrected chi connectivity index (χ1v) is 10.9. The molecule has 2 aliphatic rings. The molecular weight excluding hydrogens is 441 g/mol. The first-order chi connectivity index (χ1) is 16.5. The number of fused-ring (bicyclic) bond motifs is 1. The highest BCUT2D eigenvalue weighted by Gasteiger charge is 2.47. The van der Waals surface area contributed by atoms with E-state index in [1.165, 1.54) is 12.1 Å². The largest absolute Gasteiger partial charge is 0.497 e. The Hall–Kier alpha value is -3.78. The maximum absolute atomic E-state index is 15.1. The lowest BCUT2D eigenvalue weighted by Gasteiger charge is -2.29. The van der Waals surface area contributed by atoms with Gasteiger partial charge in [0.25, 0.3) is 5.91 Å². The van der Waals surface area contributed by atoms with E-state index in [-0.39, 0.29) is 17.1 Å². The summed E-state index contributed by atoms with van der Waals surface area (Å²) in [7, 11) is 3.14. The van der Waals surface area contributed by atoms with Gasteiger partial charge in [-0.25, -0.2) is 4.39 Å². The maximum Gasteiger partial charge on any atom is 0.305 e. The molecule has 0 spiro atoms. The summed E-state index contributed by atoms with van der Waals surface area (Å²) < 4.78 is 43.9. The molecular formula is C26H24FNO6. The molecule has 1 fully saturated rings. The monoisotopic (exact) mass is 465 g/mol. The van der Waals surface area contributed by atoms with Gasteiger partial charge in [-0.05, 0) is 30.3 Å². The van der Waals surface area contributed by atoms with Crippen molar-refractivity contribution < 1.29 is 32.9 Å². The van der Waals surface area contributed by atoms with Gasteiger partial charge in [0.1, 0.15) is 17.3 Å². The summed E-state index contributed by atoms with van der Waals surface area (Å²) >= 11 is 0. The van der Waals surface area contributed by atoms with Crippen molar-refractivity contribution in [2.75, 3.05) is 40.5 Å². The number of hydrogen-bond acceptors (Lipinski definition) is 6. The number of rotatable bonds is 5. The average molecular weight is 465 g/mol. The Labute approximate surface area is 196 Å². The molecule has 0 radical (unpaired) electrons. The summed E-state index contributed by atoms with van der Waals surface area (Å²) in [6, 6.07) is 17.1. The van der Waals surface area contributed by atoms with Crippen LogP contribution in [0, 0.1) is 5.82 Å². The lowest BCUT2D eigenvalue weighted by atomic mass is 9.96. The molecule has 0 aromatic heterocycles. The number of halogens is 1. The van der Waals surface area contributed by atoms with Crippen LogP contribution in [0.15, 0.2) is 60.7 Å². The van der Waals surface area contributed by atoms with Crippen molar-refractivity contribution in [2.24, 2.45) is 0 Å². The van der Waals surface area contributed by atoms with E-state index in [9.17, 15) is 4.79 Å². The van der Waals surface area contributed by atoms with Gasteiger partial charge >= 0.3 is 5.79 Å². The van der Waals surface area contributed by atoms with Gasteiger partial charge in [-0.15, -0.1) is 0 Å². The number of ether oxygens (including phenoxy) is 5. The number of amides is 1. The van der Waals surface area contributed by atoms with Crippen molar-refractivity contribution in [2.45, 2.75) is 5.79 Å². The van der Waals surface area contributed by atoms with Crippen LogP contribution in [0.2, 0.25) is 0 Å². The average Bonchev–Trinajstić information content (AvgIpc) is 3.28. The second kappa shape index (κ2) is 8.87. The first-order valence-electron chi connectivity index (χ1n) is 10.9. The quantitative estimate of drug-likeness (QED) is 0.568. The molecule has 8 heteroatoms. The van der Waals surface area contributed by atoms with Crippen molar-refractivity contribution in [1.82, 2.24) is 4.90 Å². The zero-order chi connectivity index (χ0) is 23.7. The molecule has 5 rings (SSSR count). The third-order valence-electron chi connectivity index (χ3n) is 5.97. The summed E-state index contributed by atoms with van der Waals surface area (Å²) in [6.07, 6.45) is 0. The number of carbonyl (C=O) groups is 1. The summed E-state index contributed by atoms with van der Waals surface area (Å²) in [5.41, 5.74) is 1.20. The van der Waals surface area contributed by atoms with E-state index in [1.54, 1.807) is 31.3 Å². The van der Waals surface area contributed by atoms with Crippen LogP contribution in [0.1, 0.15) is 21.5 Å². The molecule has 3 aromatic carbocycles. The number of hydrogen-bond donors (Lipinski definition) is 0. The molecule has 1 saturated heterocycles. The summed E-state index contributed by atoms with van der Waals surface area (Å²) in [4.78, 5) is 14.6. The number of morpholine rings is 1. The van der Waals surface area contributed by atoms with Gasteiger partial charge < -0.3 is 28.6 Å². The topological polar surface area (TPSA) is 66.5 Å². The van der Waals surface area contributed by atoms with Gasteiger partial charge in [-0.3, -0.25) is 4.79 Å². The number of methoxy groups -OCH3 is 2. The van der Waals surface area contributed by atoms with Gasteiger partial charge in [0.2, 0.25) is 0 Å². The molecule has 176 valence electrons. The zero-order valence-corrected chi connectivity index (χ0v) is 18.9. The molecule has 2 heterocycles. The fraction of sp³-hybridized carbons (Fsp3) is 0.269. The van der Waals surface area contributed by atoms with Crippen LogP contribution in [0.4, 0.5) is 4.39 Å². The van der Waals surface area contributed by atoms with Crippen LogP contribution in [-0.4, -0.2) is 51.3 Å². The molecule has 0 aliphatic carbocycles. The second-order valence-corrected chi connectivity index (χ2v) is 7.97. The SMILES string of the molecule is COc1cccc(C2(c3cccc(OC)c3)Oc3cc(F)c(C(=O)N4CCOCC4)cc3O2)c1. The van der Waals surface area contributed by atoms with Crippen LogP contribution in [0.5, 0.6) is 23.0 Å². The third-order valence-corrected chi connectivity index (χ3v) is 5.97. The minimum Gasteiger partial charge on any atom is -0.497 e. The zero-order valence-electron chi connectivity index (χ0n) is 18.9. The molecule has 34 heavy (non-hydrogen) atoms. The predicted octanol–water partition coefficient (Wildman–Crippen LogP) is 3.99. The Kier molecular flexibility index (Phi) is 5.75. The van der Waals surface area contributed by atoms with Gasteiger partial charge in [0.05, 0.1) is 33.0 Å². The van der Waals surface area contributed by atoms with E-state index in [0.29, 0.717) is 48.9 Å². The highest BCUT2D eigenvalue weighted by atomic mass is 19.1. The van der Waals surface area contributed by atoms with Crippen LogP contribution >= 0.6 is 0 Å². The second-order valence-electron chi connectivity index (χ2n) is 7.97. The molecule has 0 saturated carbocycles. The normalized spacial score (nSPS) is 16.3. The minimum atomic E-state index is -1.43. The van der Waals surface area contributed by atoms with Crippen molar-refractivity contribution in [3.05, 3.63) is 83.2 Å². The van der Waals surface area contributed by atoms with E-state index >= 15 is 4.39 Å².